The van der Waals surface area contributed by atoms with Gasteiger partial charge in [0.05, 0.1) is 11.4 Å². The summed E-state index contributed by atoms with van der Waals surface area (Å²) in [5.74, 6) is -0.391. The van der Waals surface area contributed by atoms with Crippen molar-refractivity contribution < 1.29 is 13.2 Å². The Kier molecular flexibility index (Phi) is 7.49. The van der Waals surface area contributed by atoms with Gasteiger partial charge in [-0.05, 0) is 54.3 Å². The van der Waals surface area contributed by atoms with Crippen LogP contribution in [0.15, 0.2) is 77.7 Å². The Bertz CT molecular complexity index is 1150. The maximum absolute atomic E-state index is 13.3. The summed E-state index contributed by atoms with van der Waals surface area (Å²) >= 11 is 5.92. The second-order valence-electron chi connectivity index (χ2n) is 7.22. The zero-order valence-corrected chi connectivity index (χ0v) is 19.1. The van der Waals surface area contributed by atoms with Crippen LogP contribution in [0, 0.1) is 6.92 Å². The number of amides is 1. The molecule has 0 atom stereocenters. The van der Waals surface area contributed by atoms with Crippen LogP contribution >= 0.6 is 11.6 Å². The van der Waals surface area contributed by atoms with E-state index in [9.17, 15) is 13.2 Å². The van der Waals surface area contributed by atoms with Crippen molar-refractivity contribution in [3.63, 3.8) is 0 Å². The number of carbonyl (C=O) groups is 1. The van der Waals surface area contributed by atoms with Crippen molar-refractivity contribution in [1.82, 2.24) is 4.31 Å². The molecule has 0 saturated carbocycles. The van der Waals surface area contributed by atoms with Crippen molar-refractivity contribution in [3.05, 3.63) is 94.5 Å². The minimum Gasteiger partial charge on any atom is -0.324 e. The lowest BCUT2D eigenvalue weighted by atomic mass is 10.1. The first kappa shape index (κ1) is 23.0. The number of anilines is 1. The summed E-state index contributed by atoms with van der Waals surface area (Å²) in [6, 6.07) is 21.0. The van der Waals surface area contributed by atoms with Gasteiger partial charge >= 0.3 is 0 Å². The van der Waals surface area contributed by atoms with Crippen molar-refractivity contribution >= 4 is 33.2 Å². The number of benzene rings is 3. The van der Waals surface area contributed by atoms with E-state index in [1.165, 1.54) is 28.6 Å². The Morgan fingerprint density at radius 2 is 1.65 bits per heavy atom. The lowest BCUT2D eigenvalue weighted by Gasteiger charge is -2.23. The van der Waals surface area contributed by atoms with E-state index in [0.717, 1.165) is 28.8 Å². The van der Waals surface area contributed by atoms with Crippen molar-refractivity contribution in [2.24, 2.45) is 0 Å². The number of hydrogen-bond acceptors (Lipinski definition) is 3. The number of carbonyl (C=O) groups excluding carboxylic acids is 1. The molecule has 0 aliphatic carbocycles. The molecule has 0 unspecified atom stereocenters. The Balaban J connectivity index is 1.90. The average Bonchev–Trinajstić information content (AvgIpc) is 2.75. The first-order valence-electron chi connectivity index (χ1n) is 9.99. The summed E-state index contributed by atoms with van der Waals surface area (Å²) in [4.78, 5) is 13.0. The number of aryl methyl sites for hydroxylation is 2. The molecule has 0 bridgehead atoms. The van der Waals surface area contributed by atoms with Gasteiger partial charge in [-0.15, -0.1) is 0 Å². The molecule has 31 heavy (non-hydrogen) atoms. The highest BCUT2D eigenvalue weighted by Crippen LogP contribution is 2.23. The third-order valence-electron chi connectivity index (χ3n) is 4.98. The van der Waals surface area contributed by atoms with Crippen molar-refractivity contribution in [3.8, 4) is 0 Å². The van der Waals surface area contributed by atoms with Crippen molar-refractivity contribution in [2.75, 3.05) is 11.9 Å². The molecule has 0 aliphatic heterocycles. The van der Waals surface area contributed by atoms with E-state index in [1.54, 1.807) is 0 Å². The second kappa shape index (κ2) is 10.1. The van der Waals surface area contributed by atoms with E-state index >= 15 is 0 Å². The van der Waals surface area contributed by atoms with Gasteiger partial charge in [-0.3, -0.25) is 4.79 Å². The van der Waals surface area contributed by atoms with Crippen LogP contribution in [0.1, 0.15) is 23.6 Å². The number of hydrogen-bond donors (Lipinski definition) is 1. The Morgan fingerprint density at radius 3 is 2.29 bits per heavy atom. The molecule has 3 aromatic carbocycles. The highest BCUT2D eigenvalue weighted by Gasteiger charge is 2.27. The number of halogens is 1. The maximum Gasteiger partial charge on any atom is 0.243 e. The number of sulfonamides is 1. The summed E-state index contributed by atoms with van der Waals surface area (Å²) in [5, 5.41) is 3.36. The largest absolute Gasteiger partial charge is 0.324 e. The summed E-state index contributed by atoms with van der Waals surface area (Å²) in [6.45, 7) is 3.70. The zero-order chi connectivity index (χ0) is 22.4. The average molecular weight is 457 g/mol. The fourth-order valence-electron chi connectivity index (χ4n) is 3.31. The second-order valence-corrected chi connectivity index (χ2v) is 9.60. The van der Waals surface area contributed by atoms with E-state index in [0.29, 0.717) is 5.02 Å². The number of nitrogens with zero attached hydrogens (tertiary/aromatic N) is 1. The van der Waals surface area contributed by atoms with Crippen LogP contribution in [0.4, 0.5) is 5.69 Å². The first-order valence-corrected chi connectivity index (χ1v) is 11.8. The van der Waals surface area contributed by atoms with Crippen molar-refractivity contribution in [2.45, 2.75) is 31.7 Å². The van der Waals surface area contributed by atoms with Gasteiger partial charge in [0.1, 0.15) is 0 Å². The molecule has 3 aromatic rings. The predicted molar refractivity (Wildman–Crippen MR) is 125 cm³/mol. The van der Waals surface area contributed by atoms with E-state index in [-0.39, 0.29) is 18.0 Å². The van der Waals surface area contributed by atoms with Crippen LogP contribution < -0.4 is 5.32 Å². The molecule has 5 nitrogen and oxygen atoms in total. The molecule has 0 aromatic heterocycles. The number of nitrogens with one attached hydrogen (secondary N) is 1. The fourth-order valence-corrected chi connectivity index (χ4v) is 4.82. The minimum absolute atomic E-state index is 0.0770. The molecule has 162 valence electrons. The van der Waals surface area contributed by atoms with Crippen LogP contribution in [0.3, 0.4) is 0 Å². The van der Waals surface area contributed by atoms with E-state index in [1.807, 2.05) is 62.4 Å². The lowest BCUT2D eigenvalue weighted by Crippen LogP contribution is -2.37. The maximum atomic E-state index is 13.3. The van der Waals surface area contributed by atoms with Gasteiger partial charge in [-0.25, -0.2) is 8.42 Å². The molecule has 1 amide bonds. The monoisotopic (exact) mass is 456 g/mol. The molecule has 0 radical (unpaired) electrons. The smallest absolute Gasteiger partial charge is 0.243 e. The standard InChI is InChI=1S/C24H25ClN2O3S/c1-3-20-11-7-8-18(2)24(20)26-23(28)17-27(16-19-9-5-4-6-10-19)31(29,30)22-14-12-21(25)13-15-22/h4-15H,3,16-17H2,1-2H3,(H,26,28). The van der Waals surface area contributed by atoms with Gasteiger partial charge in [0.25, 0.3) is 0 Å². The molecule has 0 saturated heterocycles. The van der Waals surface area contributed by atoms with Gasteiger partial charge in [0, 0.05) is 17.3 Å². The molecule has 0 aliphatic rings. The Hall–Kier alpha value is -2.67. The van der Waals surface area contributed by atoms with Crippen LogP contribution in [0.25, 0.3) is 0 Å². The molecule has 0 fully saturated rings. The minimum atomic E-state index is -3.92. The molecule has 1 N–H and O–H groups in total. The summed E-state index contributed by atoms with van der Waals surface area (Å²) in [7, 11) is -3.92. The number of rotatable bonds is 8. The topological polar surface area (TPSA) is 66.5 Å². The van der Waals surface area contributed by atoms with Gasteiger partial charge in [-0.2, -0.15) is 4.31 Å². The molecule has 3 rings (SSSR count). The Morgan fingerprint density at radius 1 is 0.968 bits per heavy atom. The van der Waals surface area contributed by atoms with Crippen LogP contribution in [-0.2, 0) is 27.8 Å². The van der Waals surface area contributed by atoms with Crippen molar-refractivity contribution in [1.29, 1.82) is 0 Å². The van der Waals surface area contributed by atoms with E-state index < -0.39 is 15.9 Å². The first-order chi connectivity index (χ1) is 14.8. The number of para-hydroxylation sites is 1. The molecule has 7 heteroatoms. The SMILES string of the molecule is CCc1cccc(C)c1NC(=O)CN(Cc1ccccc1)S(=O)(=O)c1ccc(Cl)cc1. The lowest BCUT2D eigenvalue weighted by molar-refractivity contribution is -0.116. The van der Waals surface area contributed by atoms with E-state index in [4.69, 9.17) is 11.6 Å². The molecule has 0 heterocycles. The van der Waals surface area contributed by atoms with Crippen LogP contribution in [0.5, 0.6) is 0 Å². The third-order valence-corrected chi connectivity index (χ3v) is 7.04. The zero-order valence-electron chi connectivity index (χ0n) is 17.5. The quantitative estimate of drug-likeness (QED) is 0.516. The third kappa shape index (κ3) is 5.73. The van der Waals surface area contributed by atoms with Gasteiger partial charge in [0.2, 0.25) is 15.9 Å². The van der Waals surface area contributed by atoms with Crippen LogP contribution in [-0.4, -0.2) is 25.2 Å². The van der Waals surface area contributed by atoms with Gasteiger partial charge in [-0.1, -0.05) is 67.1 Å². The predicted octanol–water partition coefficient (Wildman–Crippen LogP) is 5.04. The normalized spacial score (nSPS) is 11.5. The Labute approximate surface area is 188 Å². The van der Waals surface area contributed by atoms with Crippen LogP contribution in [0.2, 0.25) is 5.02 Å². The molecular weight excluding hydrogens is 432 g/mol. The summed E-state index contributed by atoms with van der Waals surface area (Å²) in [5.41, 5.74) is 3.46. The van der Waals surface area contributed by atoms with Gasteiger partial charge in [0.15, 0.2) is 0 Å². The highest BCUT2D eigenvalue weighted by molar-refractivity contribution is 7.89. The summed E-state index contributed by atoms with van der Waals surface area (Å²) in [6.07, 6.45) is 0.758. The molecule has 0 spiro atoms. The summed E-state index contributed by atoms with van der Waals surface area (Å²) < 4.78 is 27.8. The molecular formula is C24H25ClN2O3S. The highest BCUT2D eigenvalue weighted by atomic mass is 35.5. The van der Waals surface area contributed by atoms with E-state index in [2.05, 4.69) is 5.32 Å². The van der Waals surface area contributed by atoms with Gasteiger partial charge < -0.3 is 5.32 Å². The fraction of sp³-hybridized carbons (Fsp3) is 0.208.